The predicted molar refractivity (Wildman–Crippen MR) is 156 cm³/mol. The minimum atomic E-state index is -0.0620. The SMILES string of the molecule is Cn1ccc(CCC(=O)N2CC3(CCN(C/C=C/c4ccc(Cl)c(Cl)c4)CC3)c3c2ccc2scnc32)n1. The first kappa shape index (κ1) is 25.6. The maximum atomic E-state index is 13.5. The Labute approximate surface area is 236 Å². The molecule has 196 valence electrons. The summed E-state index contributed by atoms with van der Waals surface area (Å²) in [6.45, 7) is 3.55. The number of benzene rings is 2. The molecule has 6 nitrogen and oxygen atoms in total. The summed E-state index contributed by atoms with van der Waals surface area (Å²) in [6, 6.07) is 11.9. The van der Waals surface area contributed by atoms with E-state index in [-0.39, 0.29) is 11.3 Å². The van der Waals surface area contributed by atoms with Crippen molar-refractivity contribution in [3.8, 4) is 0 Å². The number of carbonyl (C=O) groups excluding carboxylic acids is 1. The highest BCUT2D eigenvalue weighted by molar-refractivity contribution is 7.16. The fourth-order valence-electron chi connectivity index (χ4n) is 5.85. The Bertz CT molecular complexity index is 1520. The van der Waals surface area contributed by atoms with Gasteiger partial charge in [-0.1, -0.05) is 41.4 Å². The van der Waals surface area contributed by atoms with Gasteiger partial charge in [0.1, 0.15) is 0 Å². The maximum Gasteiger partial charge on any atom is 0.227 e. The lowest BCUT2D eigenvalue weighted by atomic mass is 9.74. The Hall–Kier alpha value is -2.71. The number of thiazole rings is 1. The average Bonchev–Trinajstić information content (AvgIpc) is 3.63. The molecule has 0 N–H and O–H groups in total. The topological polar surface area (TPSA) is 54.3 Å². The summed E-state index contributed by atoms with van der Waals surface area (Å²) in [5, 5.41) is 5.59. The van der Waals surface area contributed by atoms with E-state index in [9.17, 15) is 4.79 Å². The first-order valence-corrected chi connectivity index (χ1v) is 14.5. The van der Waals surface area contributed by atoms with Crippen LogP contribution in [0.1, 0.15) is 36.1 Å². The Morgan fingerprint density at radius 2 is 1.97 bits per heavy atom. The van der Waals surface area contributed by atoms with Crippen molar-refractivity contribution in [1.82, 2.24) is 19.7 Å². The van der Waals surface area contributed by atoms with Crippen molar-refractivity contribution in [2.75, 3.05) is 31.1 Å². The summed E-state index contributed by atoms with van der Waals surface area (Å²) in [5.41, 5.74) is 7.24. The molecule has 1 amide bonds. The molecule has 38 heavy (non-hydrogen) atoms. The summed E-state index contributed by atoms with van der Waals surface area (Å²) < 4.78 is 2.98. The van der Waals surface area contributed by atoms with Gasteiger partial charge in [0.05, 0.1) is 31.5 Å². The van der Waals surface area contributed by atoms with Gasteiger partial charge >= 0.3 is 0 Å². The van der Waals surface area contributed by atoms with E-state index in [2.05, 4.69) is 34.3 Å². The molecule has 0 saturated carbocycles. The molecule has 0 radical (unpaired) electrons. The summed E-state index contributed by atoms with van der Waals surface area (Å²) in [7, 11) is 1.90. The van der Waals surface area contributed by atoms with Crippen molar-refractivity contribution in [3.63, 3.8) is 0 Å². The monoisotopic (exact) mass is 565 g/mol. The minimum absolute atomic E-state index is 0.0620. The first-order chi connectivity index (χ1) is 18.4. The normalized spacial score (nSPS) is 17.2. The van der Waals surface area contributed by atoms with E-state index in [1.807, 2.05) is 47.9 Å². The lowest BCUT2D eigenvalue weighted by molar-refractivity contribution is -0.118. The molecule has 4 aromatic rings. The van der Waals surface area contributed by atoms with Crippen molar-refractivity contribution in [2.45, 2.75) is 31.1 Å². The van der Waals surface area contributed by atoms with Crippen LogP contribution >= 0.6 is 34.5 Å². The van der Waals surface area contributed by atoms with Gasteiger partial charge in [-0.3, -0.25) is 14.4 Å². The zero-order chi connectivity index (χ0) is 26.3. The largest absolute Gasteiger partial charge is 0.311 e. The summed E-state index contributed by atoms with van der Waals surface area (Å²) in [4.78, 5) is 22.8. The second kappa shape index (κ2) is 10.5. The number of likely N-dealkylation sites (tertiary alicyclic amines) is 1. The zero-order valence-corrected chi connectivity index (χ0v) is 23.6. The number of hydrogen-bond donors (Lipinski definition) is 0. The number of halogens is 2. The van der Waals surface area contributed by atoms with Gasteiger partial charge in [0.2, 0.25) is 5.91 Å². The third kappa shape index (κ3) is 4.89. The average molecular weight is 567 g/mol. The molecule has 6 rings (SSSR count). The van der Waals surface area contributed by atoms with E-state index in [0.29, 0.717) is 22.9 Å². The van der Waals surface area contributed by atoms with Crippen LogP contribution in [0.15, 0.2) is 54.2 Å². The highest BCUT2D eigenvalue weighted by Gasteiger charge is 2.47. The summed E-state index contributed by atoms with van der Waals surface area (Å²) in [5.74, 6) is 0.162. The summed E-state index contributed by atoms with van der Waals surface area (Å²) in [6.07, 6.45) is 9.31. The Balaban J connectivity index is 1.18. The van der Waals surface area contributed by atoms with Crippen LogP contribution in [0, 0.1) is 0 Å². The number of amides is 1. The van der Waals surface area contributed by atoms with E-state index < -0.39 is 0 Å². The van der Waals surface area contributed by atoms with Gasteiger partial charge in [0.25, 0.3) is 0 Å². The third-order valence-electron chi connectivity index (χ3n) is 7.86. The van der Waals surface area contributed by atoms with Gasteiger partial charge < -0.3 is 4.90 Å². The number of piperidine rings is 1. The Morgan fingerprint density at radius 3 is 2.74 bits per heavy atom. The fourth-order valence-corrected chi connectivity index (χ4v) is 6.84. The van der Waals surface area contributed by atoms with Gasteiger partial charge in [-0.05, 0) is 61.8 Å². The number of fused-ring (bicyclic) bond motifs is 4. The van der Waals surface area contributed by atoms with Crippen LogP contribution in [0.4, 0.5) is 5.69 Å². The number of nitrogens with zero attached hydrogens (tertiary/aromatic N) is 5. The Morgan fingerprint density at radius 1 is 1.13 bits per heavy atom. The zero-order valence-electron chi connectivity index (χ0n) is 21.2. The van der Waals surface area contributed by atoms with Crippen molar-refractivity contribution < 1.29 is 4.79 Å². The first-order valence-electron chi connectivity index (χ1n) is 12.9. The molecule has 1 fully saturated rings. The minimum Gasteiger partial charge on any atom is -0.311 e. The quantitative estimate of drug-likeness (QED) is 0.273. The molecule has 1 saturated heterocycles. The second-order valence-corrected chi connectivity index (χ2v) is 12.0. The van der Waals surface area contributed by atoms with Crippen LogP contribution in [-0.2, 0) is 23.7 Å². The van der Waals surface area contributed by atoms with Crippen molar-refractivity contribution in [1.29, 1.82) is 0 Å². The molecule has 2 aliphatic rings. The fraction of sp³-hybridized carbons (Fsp3) is 0.345. The van der Waals surface area contributed by atoms with Crippen LogP contribution in [0.2, 0.25) is 10.0 Å². The van der Waals surface area contributed by atoms with Gasteiger partial charge in [-0.15, -0.1) is 11.3 Å². The van der Waals surface area contributed by atoms with Crippen LogP contribution in [0.5, 0.6) is 0 Å². The van der Waals surface area contributed by atoms with Gasteiger partial charge in [-0.25, -0.2) is 4.98 Å². The number of hydrogen-bond acceptors (Lipinski definition) is 5. The van der Waals surface area contributed by atoms with E-state index in [0.717, 1.165) is 61.5 Å². The lowest BCUT2D eigenvalue weighted by Crippen LogP contribution is -2.46. The van der Waals surface area contributed by atoms with Gasteiger partial charge in [0.15, 0.2) is 0 Å². The van der Waals surface area contributed by atoms with Crippen LogP contribution in [0.25, 0.3) is 16.3 Å². The van der Waals surface area contributed by atoms with Crippen LogP contribution < -0.4 is 4.90 Å². The van der Waals surface area contributed by atoms with E-state index >= 15 is 0 Å². The molecule has 0 bridgehead atoms. The molecule has 2 aliphatic heterocycles. The second-order valence-electron chi connectivity index (χ2n) is 10.3. The number of anilines is 1. The highest BCUT2D eigenvalue weighted by Crippen LogP contribution is 2.50. The molecule has 2 aromatic carbocycles. The number of aryl methyl sites for hydroxylation is 2. The van der Waals surface area contributed by atoms with Crippen LogP contribution in [-0.4, -0.2) is 51.8 Å². The van der Waals surface area contributed by atoms with Crippen molar-refractivity contribution in [3.05, 3.63) is 81.0 Å². The highest BCUT2D eigenvalue weighted by atomic mass is 35.5. The van der Waals surface area contributed by atoms with Crippen molar-refractivity contribution in [2.24, 2.45) is 7.05 Å². The Kier molecular flexibility index (Phi) is 7.03. The number of rotatable bonds is 6. The predicted octanol–water partition coefficient (Wildman–Crippen LogP) is 6.36. The smallest absolute Gasteiger partial charge is 0.227 e. The molecule has 0 unspecified atom stereocenters. The van der Waals surface area contributed by atoms with Crippen molar-refractivity contribution >= 4 is 62.4 Å². The van der Waals surface area contributed by atoms with Crippen LogP contribution in [0.3, 0.4) is 0 Å². The lowest BCUT2D eigenvalue weighted by Gasteiger charge is -2.39. The molecule has 4 heterocycles. The maximum absolute atomic E-state index is 13.5. The third-order valence-corrected chi connectivity index (χ3v) is 9.39. The molecule has 0 aliphatic carbocycles. The molecule has 2 aromatic heterocycles. The molecule has 0 atom stereocenters. The summed E-state index contributed by atoms with van der Waals surface area (Å²) >= 11 is 13.9. The van der Waals surface area contributed by atoms with Gasteiger partial charge in [0, 0.05) is 55.8 Å². The number of aromatic nitrogens is 3. The molecular weight excluding hydrogens is 537 g/mol. The molecule has 9 heteroatoms. The molecule has 1 spiro atoms. The van der Waals surface area contributed by atoms with E-state index in [1.165, 1.54) is 10.3 Å². The van der Waals surface area contributed by atoms with E-state index in [1.54, 1.807) is 16.0 Å². The number of carbonyl (C=O) groups is 1. The standard InChI is InChI=1S/C29H29Cl2N5OS/c1-34-14-10-21(33-34)5-9-26(37)36-18-29(27-24(36)7-8-25-28(27)32-19-38-25)11-15-35(16-12-29)13-2-3-20-4-6-22(30)23(31)17-20/h2-4,6-8,10,14,17,19H,5,9,11-13,15-16,18H2,1H3/b3-2+. The van der Waals surface area contributed by atoms with Gasteiger partial charge in [-0.2, -0.15) is 5.10 Å². The molecular formula is C29H29Cl2N5OS. The van der Waals surface area contributed by atoms with E-state index in [4.69, 9.17) is 28.2 Å².